The number of nitrogens with zero attached hydrogens (tertiary/aromatic N) is 6. The van der Waals surface area contributed by atoms with Crippen molar-refractivity contribution in [2.75, 3.05) is 38.6 Å². The first-order chi connectivity index (χ1) is 15.8. The molecule has 0 aliphatic carbocycles. The summed E-state index contributed by atoms with van der Waals surface area (Å²) in [6.07, 6.45) is 0. The largest absolute Gasteiger partial charge is 0.497 e. The molecule has 0 unspecified atom stereocenters. The lowest BCUT2D eigenvalue weighted by Crippen LogP contribution is -2.49. The maximum Gasteiger partial charge on any atom is 0.321 e. The van der Waals surface area contributed by atoms with Crippen LogP contribution in [0.1, 0.15) is 32.2 Å². The average molecular weight is 450 g/mol. The number of amides is 2. The number of hydrogen-bond donors (Lipinski definition) is 1. The van der Waals surface area contributed by atoms with E-state index in [1.165, 1.54) is 5.56 Å². The van der Waals surface area contributed by atoms with Crippen molar-refractivity contribution in [3.8, 4) is 11.4 Å². The fourth-order valence-electron chi connectivity index (χ4n) is 3.79. The van der Waals surface area contributed by atoms with E-state index in [1.54, 1.807) is 11.8 Å². The highest BCUT2D eigenvalue weighted by atomic mass is 16.5. The number of hydrogen-bond acceptors (Lipinski definition) is 6. The van der Waals surface area contributed by atoms with Gasteiger partial charge in [0.25, 0.3) is 0 Å². The second kappa shape index (κ2) is 9.58. The third-order valence-electron chi connectivity index (χ3n) is 5.88. The van der Waals surface area contributed by atoms with Gasteiger partial charge in [0, 0.05) is 31.9 Å². The van der Waals surface area contributed by atoms with Crippen molar-refractivity contribution in [3.63, 3.8) is 0 Å². The number of urea groups is 1. The summed E-state index contributed by atoms with van der Waals surface area (Å²) < 4.78 is 6.95. The van der Waals surface area contributed by atoms with Gasteiger partial charge in [-0.2, -0.15) is 4.68 Å². The van der Waals surface area contributed by atoms with Crippen LogP contribution in [0.25, 0.3) is 5.69 Å². The molecule has 0 saturated carbocycles. The normalized spacial score (nSPS) is 14.8. The quantitative estimate of drug-likeness (QED) is 0.643. The molecule has 9 nitrogen and oxygen atoms in total. The third kappa shape index (κ3) is 5.48. The molecule has 1 N–H and O–H groups in total. The molecule has 2 amide bonds. The molecule has 2 aromatic carbocycles. The Morgan fingerprint density at radius 2 is 1.67 bits per heavy atom. The summed E-state index contributed by atoms with van der Waals surface area (Å²) in [6.45, 7) is 9.95. The molecule has 0 bridgehead atoms. The van der Waals surface area contributed by atoms with Crippen molar-refractivity contribution in [3.05, 3.63) is 59.9 Å². The van der Waals surface area contributed by atoms with Gasteiger partial charge in [0.15, 0.2) is 5.82 Å². The van der Waals surface area contributed by atoms with E-state index in [0.717, 1.165) is 36.0 Å². The molecule has 0 atom stereocenters. The van der Waals surface area contributed by atoms with E-state index in [9.17, 15) is 4.79 Å². The molecule has 0 radical (unpaired) electrons. The minimum Gasteiger partial charge on any atom is -0.497 e. The van der Waals surface area contributed by atoms with E-state index in [4.69, 9.17) is 4.74 Å². The number of carbonyl (C=O) groups is 1. The maximum absolute atomic E-state index is 12.7. The van der Waals surface area contributed by atoms with Gasteiger partial charge in [-0.25, -0.2) is 4.79 Å². The molecule has 2 heterocycles. The first-order valence-corrected chi connectivity index (χ1v) is 11.1. The van der Waals surface area contributed by atoms with Crippen molar-refractivity contribution >= 4 is 11.7 Å². The number of tetrazole rings is 1. The fourth-order valence-corrected chi connectivity index (χ4v) is 3.79. The van der Waals surface area contributed by atoms with E-state index in [-0.39, 0.29) is 11.4 Å². The number of anilines is 1. The second-order valence-corrected chi connectivity index (χ2v) is 9.23. The second-order valence-electron chi connectivity index (χ2n) is 9.23. The zero-order valence-electron chi connectivity index (χ0n) is 19.7. The van der Waals surface area contributed by atoms with Crippen molar-refractivity contribution < 1.29 is 9.53 Å². The van der Waals surface area contributed by atoms with Crippen molar-refractivity contribution in [2.24, 2.45) is 0 Å². The van der Waals surface area contributed by atoms with Crippen LogP contribution >= 0.6 is 0 Å². The minimum atomic E-state index is -0.0683. The highest BCUT2D eigenvalue weighted by Gasteiger charge is 2.23. The Bertz CT molecular complexity index is 1060. The molecular formula is C24H31N7O2. The molecule has 1 aliphatic rings. The highest BCUT2D eigenvalue weighted by Crippen LogP contribution is 2.23. The molecule has 4 rings (SSSR count). The van der Waals surface area contributed by atoms with Crippen LogP contribution in [0, 0.1) is 0 Å². The van der Waals surface area contributed by atoms with Crippen molar-refractivity contribution in [1.82, 2.24) is 30.0 Å². The number of nitrogens with one attached hydrogen (secondary N) is 1. The predicted molar refractivity (Wildman–Crippen MR) is 127 cm³/mol. The van der Waals surface area contributed by atoms with Crippen molar-refractivity contribution in [2.45, 2.75) is 32.7 Å². The number of rotatable bonds is 5. The first-order valence-electron chi connectivity index (χ1n) is 11.1. The van der Waals surface area contributed by atoms with E-state index < -0.39 is 0 Å². The zero-order chi connectivity index (χ0) is 23.4. The Morgan fingerprint density at radius 1 is 1.00 bits per heavy atom. The van der Waals surface area contributed by atoms with Gasteiger partial charge in [0.2, 0.25) is 0 Å². The van der Waals surface area contributed by atoms with Gasteiger partial charge in [0.05, 0.1) is 19.3 Å². The summed E-state index contributed by atoms with van der Waals surface area (Å²) in [4.78, 5) is 16.8. The van der Waals surface area contributed by atoms with Gasteiger partial charge in [-0.1, -0.05) is 32.9 Å². The zero-order valence-corrected chi connectivity index (χ0v) is 19.7. The monoisotopic (exact) mass is 449 g/mol. The Hall–Kier alpha value is -3.46. The van der Waals surface area contributed by atoms with Gasteiger partial charge in [-0.15, -0.1) is 5.10 Å². The number of methoxy groups -OCH3 is 1. The van der Waals surface area contributed by atoms with Crippen LogP contribution in [0.3, 0.4) is 0 Å². The lowest BCUT2D eigenvalue weighted by atomic mass is 9.87. The lowest BCUT2D eigenvalue weighted by molar-refractivity contribution is 0.140. The molecule has 3 aromatic rings. The summed E-state index contributed by atoms with van der Waals surface area (Å²) >= 11 is 0. The van der Waals surface area contributed by atoms with Crippen LogP contribution in [0.4, 0.5) is 10.5 Å². The average Bonchev–Trinajstić information content (AvgIpc) is 3.27. The topological polar surface area (TPSA) is 88.4 Å². The van der Waals surface area contributed by atoms with Crippen LogP contribution < -0.4 is 10.1 Å². The van der Waals surface area contributed by atoms with Gasteiger partial charge >= 0.3 is 6.03 Å². The third-order valence-corrected chi connectivity index (χ3v) is 5.88. The van der Waals surface area contributed by atoms with Gasteiger partial charge in [0.1, 0.15) is 5.75 Å². The molecule has 1 saturated heterocycles. The summed E-state index contributed by atoms with van der Waals surface area (Å²) in [5.41, 5.74) is 3.03. The Kier molecular flexibility index (Phi) is 6.60. The maximum atomic E-state index is 12.7. The molecule has 0 spiro atoms. The van der Waals surface area contributed by atoms with Crippen LogP contribution in [-0.2, 0) is 12.0 Å². The van der Waals surface area contributed by atoms with E-state index in [0.29, 0.717) is 19.6 Å². The van der Waals surface area contributed by atoms with E-state index in [2.05, 4.69) is 58.6 Å². The fraction of sp³-hybridized carbons (Fsp3) is 0.417. The standard InChI is InChI=1S/C24H31N7O2/c1-24(2,3)18-5-7-19(8-6-18)25-23(32)30-15-13-29(14-16-30)17-22-26-27-28-31(22)20-9-11-21(33-4)12-10-20/h5-12H,13-17H2,1-4H3,(H,25,32). The summed E-state index contributed by atoms with van der Waals surface area (Å²) in [7, 11) is 1.64. The van der Waals surface area contributed by atoms with Crippen molar-refractivity contribution in [1.29, 1.82) is 0 Å². The van der Waals surface area contributed by atoms with Gasteiger partial charge in [-0.3, -0.25) is 4.90 Å². The Balaban J connectivity index is 1.30. The van der Waals surface area contributed by atoms with E-state index in [1.807, 2.05) is 41.3 Å². The van der Waals surface area contributed by atoms with Gasteiger partial charge in [-0.05, 0) is 57.8 Å². The smallest absolute Gasteiger partial charge is 0.321 e. The Morgan fingerprint density at radius 3 is 2.27 bits per heavy atom. The van der Waals surface area contributed by atoms with Crippen LogP contribution in [0.15, 0.2) is 48.5 Å². The van der Waals surface area contributed by atoms with Gasteiger partial charge < -0.3 is 15.0 Å². The number of benzene rings is 2. The molecule has 9 heteroatoms. The highest BCUT2D eigenvalue weighted by molar-refractivity contribution is 5.89. The molecule has 33 heavy (non-hydrogen) atoms. The minimum absolute atomic E-state index is 0.0683. The molecular weight excluding hydrogens is 418 g/mol. The SMILES string of the molecule is COc1ccc(-n2nnnc2CN2CCN(C(=O)Nc3ccc(C(C)(C)C)cc3)CC2)cc1. The lowest BCUT2D eigenvalue weighted by Gasteiger charge is -2.34. The number of aromatic nitrogens is 4. The predicted octanol–water partition coefficient (Wildman–Crippen LogP) is 3.32. The summed E-state index contributed by atoms with van der Waals surface area (Å²) in [5.74, 6) is 1.55. The van der Waals surface area contributed by atoms with E-state index >= 15 is 0 Å². The van der Waals surface area contributed by atoms with Crippen LogP contribution in [0.5, 0.6) is 5.75 Å². The first kappa shape index (κ1) is 22.7. The molecule has 1 fully saturated rings. The molecule has 1 aromatic heterocycles. The molecule has 1 aliphatic heterocycles. The number of piperazine rings is 1. The molecule has 174 valence electrons. The number of ether oxygens (including phenoxy) is 1. The summed E-state index contributed by atoms with van der Waals surface area (Å²) in [6, 6.07) is 15.6. The number of carbonyl (C=O) groups excluding carboxylic acids is 1. The van der Waals surface area contributed by atoms with Crippen LogP contribution in [-0.4, -0.2) is 69.3 Å². The summed E-state index contributed by atoms with van der Waals surface area (Å²) in [5, 5.41) is 15.2. The Labute approximate surface area is 194 Å². The van der Waals surface area contributed by atoms with Crippen LogP contribution in [0.2, 0.25) is 0 Å².